The van der Waals surface area contributed by atoms with Gasteiger partial charge >= 0.3 is 0 Å². The molecule has 1 fully saturated rings. The fraction of sp³-hybridized carbons (Fsp3) is 0.214. The highest BCUT2D eigenvalue weighted by Gasteiger charge is 2.17. The lowest BCUT2D eigenvalue weighted by Gasteiger charge is -2.26. The van der Waals surface area contributed by atoms with Crippen LogP contribution in [0, 0.1) is 6.92 Å². The Morgan fingerprint density at radius 2 is 1.50 bits per heavy atom. The molecule has 1 aliphatic rings. The first-order valence-corrected chi connectivity index (χ1v) is 12.2. The van der Waals surface area contributed by atoms with Gasteiger partial charge < -0.3 is 14.4 Å². The minimum Gasteiger partial charge on any atom is -0.484 e. The molecule has 0 saturated carbocycles. The molecule has 2 heterocycles. The van der Waals surface area contributed by atoms with Crippen molar-refractivity contribution < 1.29 is 14.3 Å². The van der Waals surface area contributed by atoms with E-state index in [1.54, 1.807) is 16.2 Å². The molecular formula is C28H26N2O3S. The number of aryl methyl sites for hydroxylation is 1. The number of hydrogen-bond acceptors (Lipinski definition) is 5. The zero-order valence-electron chi connectivity index (χ0n) is 19.1. The van der Waals surface area contributed by atoms with Crippen molar-refractivity contribution >= 4 is 17.2 Å². The summed E-state index contributed by atoms with van der Waals surface area (Å²) in [6.45, 7) is 4.52. The van der Waals surface area contributed by atoms with Gasteiger partial charge in [-0.15, -0.1) is 11.3 Å². The summed E-state index contributed by atoms with van der Waals surface area (Å²) in [5.41, 5.74) is 5.61. The first-order valence-electron chi connectivity index (χ1n) is 11.4. The first kappa shape index (κ1) is 22.3. The molecule has 0 bridgehead atoms. The number of aromatic nitrogens is 1. The number of hydrogen-bond donors (Lipinski definition) is 0. The summed E-state index contributed by atoms with van der Waals surface area (Å²) in [5.74, 6) is 0.679. The normalized spacial score (nSPS) is 13.6. The molecule has 4 aromatic rings. The highest BCUT2D eigenvalue weighted by Crippen LogP contribution is 2.36. The first-order chi connectivity index (χ1) is 16.7. The van der Waals surface area contributed by atoms with E-state index in [0.717, 1.165) is 26.7 Å². The van der Waals surface area contributed by atoms with Gasteiger partial charge in [0.1, 0.15) is 10.8 Å². The minimum atomic E-state index is -0.00592. The van der Waals surface area contributed by atoms with Crippen molar-refractivity contribution in [3.8, 4) is 37.9 Å². The molecule has 0 atom stereocenters. The molecule has 0 spiro atoms. The summed E-state index contributed by atoms with van der Waals surface area (Å²) >= 11 is 1.69. The van der Waals surface area contributed by atoms with Gasteiger partial charge in [-0.2, -0.15) is 0 Å². The van der Waals surface area contributed by atoms with Gasteiger partial charge in [0.2, 0.25) is 0 Å². The van der Waals surface area contributed by atoms with Gasteiger partial charge in [-0.05, 0) is 47.9 Å². The van der Waals surface area contributed by atoms with Crippen molar-refractivity contribution in [1.82, 2.24) is 9.88 Å². The number of morpholine rings is 1. The SMILES string of the molecule is Cc1nc(-c2ccc(-c3ccccc3)cc2)sc1-c1ccc(OCC(=O)N2CCOCC2)cc1. The third-order valence-electron chi connectivity index (χ3n) is 5.88. The molecule has 3 aromatic carbocycles. The summed E-state index contributed by atoms with van der Waals surface area (Å²) in [4.78, 5) is 20.0. The Hall–Kier alpha value is -3.48. The summed E-state index contributed by atoms with van der Waals surface area (Å²) < 4.78 is 11.0. The van der Waals surface area contributed by atoms with Crippen LogP contribution in [-0.2, 0) is 9.53 Å². The monoisotopic (exact) mass is 470 g/mol. The Balaban J connectivity index is 1.26. The molecule has 0 aliphatic carbocycles. The fourth-order valence-electron chi connectivity index (χ4n) is 3.98. The van der Waals surface area contributed by atoms with E-state index in [0.29, 0.717) is 32.1 Å². The predicted octanol–water partition coefficient (Wildman–Crippen LogP) is 5.69. The third-order valence-corrected chi connectivity index (χ3v) is 7.13. The van der Waals surface area contributed by atoms with E-state index >= 15 is 0 Å². The maximum absolute atomic E-state index is 12.3. The van der Waals surface area contributed by atoms with Gasteiger partial charge in [0.15, 0.2) is 6.61 Å². The Morgan fingerprint density at radius 3 is 2.21 bits per heavy atom. The maximum Gasteiger partial charge on any atom is 0.260 e. The van der Waals surface area contributed by atoms with Crippen molar-refractivity contribution in [2.45, 2.75) is 6.92 Å². The third kappa shape index (κ3) is 5.03. The topological polar surface area (TPSA) is 51.7 Å². The van der Waals surface area contributed by atoms with Crippen molar-refractivity contribution in [1.29, 1.82) is 0 Å². The van der Waals surface area contributed by atoms with Gasteiger partial charge in [-0.1, -0.05) is 54.6 Å². The molecule has 5 rings (SSSR count). The molecule has 5 nitrogen and oxygen atoms in total. The quantitative estimate of drug-likeness (QED) is 0.363. The Morgan fingerprint density at radius 1 is 0.882 bits per heavy atom. The molecule has 0 radical (unpaired) electrons. The number of carbonyl (C=O) groups excluding carboxylic acids is 1. The second-order valence-electron chi connectivity index (χ2n) is 8.18. The molecule has 34 heavy (non-hydrogen) atoms. The molecular weight excluding hydrogens is 444 g/mol. The highest BCUT2D eigenvalue weighted by molar-refractivity contribution is 7.18. The van der Waals surface area contributed by atoms with E-state index in [4.69, 9.17) is 14.5 Å². The number of ether oxygens (including phenoxy) is 2. The zero-order chi connectivity index (χ0) is 23.3. The predicted molar refractivity (Wildman–Crippen MR) is 136 cm³/mol. The fourth-order valence-corrected chi connectivity index (χ4v) is 5.05. The van der Waals surface area contributed by atoms with Crippen molar-refractivity contribution in [3.63, 3.8) is 0 Å². The molecule has 172 valence electrons. The number of nitrogens with zero attached hydrogens (tertiary/aromatic N) is 2. The van der Waals surface area contributed by atoms with Gasteiger partial charge in [-0.25, -0.2) is 4.98 Å². The molecule has 6 heteroatoms. The molecule has 1 aromatic heterocycles. The lowest BCUT2D eigenvalue weighted by molar-refractivity contribution is -0.137. The van der Waals surface area contributed by atoms with E-state index in [-0.39, 0.29) is 12.5 Å². The van der Waals surface area contributed by atoms with Crippen LogP contribution < -0.4 is 4.74 Å². The molecule has 0 N–H and O–H groups in total. The number of rotatable bonds is 6. The van der Waals surface area contributed by atoms with E-state index in [1.165, 1.54) is 11.1 Å². The average molecular weight is 471 g/mol. The molecule has 1 aliphatic heterocycles. The van der Waals surface area contributed by atoms with Crippen LogP contribution in [0.15, 0.2) is 78.9 Å². The van der Waals surface area contributed by atoms with Crippen LogP contribution in [0.3, 0.4) is 0 Å². The summed E-state index contributed by atoms with van der Waals surface area (Å²) in [6, 6.07) is 26.8. The lowest BCUT2D eigenvalue weighted by Crippen LogP contribution is -2.42. The Bertz CT molecular complexity index is 1250. The van der Waals surface area contributed by atoms with E-state index < -0.39 is 0 Å². The average Bonchev–Trinajstić information content (AvgIpc) is 3.30. The van der Waals surface area contributed by atoms with Crippen LogP contribution in [0.1, 0.15) is 5.69 Å². The van der Waals surface area contributed by atoms with E-state index in [9.17, 15) is 4.79 Å². The number of thiazole rings is 1. The summed E-state index contributed by atoms with van der Waals surface area (Å²) in [7, 11) is 0. The van der Waals surface area contributed by atoms with Crippen LogP contribution >= 0.6 is 11.3 Å². The minimum absolute atomic E-state index is 0.00592. The Kier molecular flexibility index (Phi) is 6.70. The molecule has 1 saturated heterocycles. The number of benzene rings is 3. The van der Waals surface area contributed by atoms with Crippen LogP contribution in [0.5, 0.6) is 5.75 Å². The standard InChI is InChI=1S/C28H26N2O3S/c1-20-27(23-11-13-25(14-12-23)33-19-26(31)30-15-17-32-18-16-30)34-28(29-20)24-9-7-22(8-10-24)21-5-3-2-4-6-21/h2-14H,15-19H2,1H3. The van der Waals surface area contributed by atoms with Crippen LogP contribution in [0.25, 0.3) is 32.1 Å². The second kappa shape index (κ2) is 10.2. The summed E-state index contributed by atoms with van der Waals surface area (Å²) in [6.07, 6.45) is 0. The Labute approximate surface area is 203 Å². The molecule has 0 unspecified atom stereocenters. The van der Waals surface area contributed by atoms with Crippen molar-refractivity contribution in [3.05, 3.63) is 84.6 Å². The number of carbonyl (C=O) groups is 1. The smallest absolute Gasteiger partial charge is 0.260 e. The van der Waals surface area contributed by atoms with Crippen LogP contribution in [0.2, 0.25) is 0 Å². The largest absolute Gasteiger partial charge is 0.484 e. The van der Waals surface area contributed by atoms with Crippen molar-refractivity contribution in [2.24, 2.45) is 0 Å². The van der Waals surface area contributed by atoms with Crippen LogP contribution in [-0.4, -0.2) is 48.7 Å². The second-order valence-corrected chi connectivity index (χ2v) is 9.18. The lowest BCUT2D eigenvalue weighted by atomic mass is 10.0. The zero-order valence-corrected chi connectivity index (χ0v) is 19.9. The van der Waals surface area contributed by atoms with Crippen molar-refractivity contribution in [2.75, 3.05) is 32.9 Å². The molecule has 1 amide bonds. The highest BCUT2D eigenvalue weighted by atomic mass is 32.1. The van der Waals surface area contributed by atoms with E-state index in [1.807, 2.05) is 37.3 Å². The van der Waals surface area contributed by atoms with Gasteiger partial charge in [0, 0.05) is 18.7 Å². The van der Waals surface area contributed by atoms with Crippen LogP contribution in [0.4, 0.5) is 0 Å². The van der Waals surface area contributed by atoms with Gasteiger partial charge in [0.25, 0.3) is 5.91 Å². The maximum atomic E-state index is 12.3. The van der Waals surface area contributed by atoms with Gasteiger partial charge in [-0.3, -0.25) is 4.79 Å². The summed E-state index contributed by atoms with van der Waals surface area (Å²) in [5, 5.41) is 1.00. The number of amides is 1. The van der Waals surface area contributed by atoms with Gasteiger partial charge in [0.05, 0.1) is 23.8 Å². The van der Waals surface area contributed by atoms with E-state index in [2.05, 4.69) is 48.5 Å².